The molecule has 4 nitrogen and oxygen atoms in total. The molecule has 0 atom stereocenters. The first-order valence-corrected chi connectivity index (χ1v) is 6.65. The molecule has 17 heavy (non-hydrogen) atoms. The number of nitrogens with one attached hydrogen (secondary N) is 1. The third-order valence-electron chi connectivity index (χ3n) is 3.59. The van der Waals surface area contributed by atoms with Crippen LogP contribution >= 0.6 is 0 Å². The summed E-state index contributed by atoms with van der Waals surface area (Å²) in [6.07, 6.45) is 7.64. The Labute approximate surface area is 104 Å². The lowest BCUT2D eigenvalue weighted by molar-refractivity contribution is -0.134. The highest BCUT2D eigenvalue weighted by atomic mass is 16.5. The van der Waals surface area contributed by atoms with Gasteiger partial charge in [0.15, 0.2) is 0 Å². The molecule has 0 bridgehead atoms. The van der Waals surface area contributed by atoms with Crippen LogP contribution < -0.4 is 5.32 Å². The van der Waals surface area contributed by atoms with Gasteiger partial charge in [0.25, 0.3) is 0 Å². The lowest BCUT2D eigenvalue weighted by Gasteiger charge is -2.39. The summed E-state index contributed by atoms with van der Waals surface area (Å²) in [5.74, 6) is 0.105. The fraction of sp³-hybridized carbons (Fsp3) is 0.923. The van der Waals surface area contributed by atoms with Gasteiger partial charge in [0, 0.05) is 20.3 Å². The van der Waals surface area contributed by atoms with Gasteiger partial charge >= 0.3 is 0 Å². The molecule has 0 spiro atoms. The fourth-order valence-electron chi connectivity index (χ4n) is 2.20. The summed E-state index contributed by atoms with van der Waals surface area (Å²) in [6.45, 7) is 1.01. The van der Waals surface area contributed by atoms with Crippen LogP contribution in [-0.4, -0.2) is 36.9 Å². The molecule has 0 aromatic heterocycles. The van der Waals surface area contributed by atoms with Crippen molar-refractivity contribution >= 4 is 5.91 Å². The van der Waals surface area contributed by atoms with Gasteiger partial charge in [-0.25, -0.2) is 0 Å². The van der Waals surface area contributed by atoms with Crippen LogP contribution in [0.25, 0.3) is 0 Å². The molecule has 0 aromatic carbocycles. The van der Waals surface area contributed by atoms with Gasteiger partial charge in [0.05, 0.1) is 12.0 Å². The number of rotatable bonds is 9. The van der Waals surface area contributed by atoms with Crippen LogP contribution in [0.15, 0.2) is 0 Å². The van der Waals surface area contributed by atoms with Gasteiger partial charge in [0.2, 0.25) is 5.91 Å². The largest absolute Gasteiger partial charge is 0.396 e. The zero-order chi connectivity index (χ0) is 12.6. The average Bonchev–Trinajstić information content (AvgIpc) is 2.28. The first-order valence-electron chi connectivity index (χ1n) is 6.65. The molecule has 1 amide bonds. The molecule has 1 aliphatic rings. The zero-order valence-electron chi connectivity index (χ0n) is 10.8. The molecule has 0 aromatic rings. The molecule has 4 heteroatoms. The van der Waals surface area contributed by atoms with E-state index in [1.807, 2.05) is 0 Å². The molecule has 1 aliphatic carbocycles. The maximum Gasteiger partial charge on any atom is 0.222 e. The number of ether oxygens (including phenoxy) is 1. The van der Waals surface area contributed by atoms with Gasteiger partial charge < -0.3 is 15.2 Å². The Balaban J connectivity index is 2.01. The van der Waals surface area contributed by atoms with Gasteiger partial charge in [0.1, 0.15) is 0 Å². The van der Waals surface area contributed by atoms with Crippen molar-refractivity contribution in [3.8, 4) is 0 Å². The van der Waals surface area contributed by atoms with Gasteiger partial charge in [-0.1, -0.05) is 12.8 Å². The van der Waals surface area contributed by atoms with E-state index in [-0.39, 0.29) is 18.1 Å². The summed E-state index contributed by atoms with van der Waals surface area (Å²) < 4.78 is 5.42. The number of carbonyl (C=O) groups is 1. The SMILES string of the molecule is COC1(CC(=O)NCCCCCCO)CCC1. The third kappa shape index (κ3) is 5.04. The molecule has 0 radical (unpaired) electrons. The Morgan fingerprint density at radius 1 is 1.29 bits per heavy atom. The smallest absolute Gasteiger partial charge is 0.222 e. The highest BCUT2D eigenvalue weighted by Crippen LogP contribution is 2.37. The first-order chi connectivity index (χ1) is 8.22. The minimum Gasteiger partial charge on any atom is -0.396 e. The van der Waals surface area contributed by atoms with Gasteiger partial charge in [-0.05, 0) is 32.1 Å². The second-order valence-corrected chi connectivity index (χ2v) is 4.91. The Morgan fingerprint density at radius 3 is 2.53 bits per heavy atom. The van der Waals surface area contributed by atoms with E-state index in [4.69, 9.17) is 9.84 Å². The standard InChI is InChI=1S/C13H25NO3/c1-17-13(7-6-8-13)11-12(16)14-9-4-2-3-5-10-15/h15H,2-11H2,1H3,(H,14,16). The van der Waals surface area contributed by atoms with Crippen molar-refractivity contribution in [1.82, 2.24) is 5.32 Å². The molecule has 2 N–H and O–H groups in total. The first kappa shape index (κ1) is 14.5. The number of hydrogen-bond donors (Lipinski definition) is 2. The van der Waals surface area contributed by atoms with Crippen molar-refractivity contribution in [2.24, 2.45) is 0 Å². The average molecular weight is 243 g/mol. The highest BCUT2D eigenvalue weighted by Gasteiger charge is 2.38. The van der Waals surface area contributed by atoms with Crippen molar-refractivity contribution in [3.05, 3.63) is 0 Å². The van der Waals surface area contributed by atoms with Crippen LogP contribution in [-0.2, 0) is 9.53 Å². The van der Waals surface area contributed by atoms with Crippen molar-refractivity contribution in [2.45, 2.75) is 57.0 Å². The van der Waals surface area contributed by atoms with E-state index in [1.54, 1.807) is 7.11 Å². The summed E-state index contributed by atoms with van der Waals surface area (Å²) in [5.41, 5.74) is -0.166. The van der Waals surface area contributed by atoms with E-state index in [2.05, 4.69) is 5.32 Å². The minimum atomic E-state index is -0.166. The van der Waals surface area contributed by atoms with Gasteiger partial charge in [-0.3, -0.25) is 4.79 Å². The maximum atomic E-state index is 11.7. The van der Waals surface area contributed by atoms with Crippen LogP contribution in [0.5, 0.6) is 0 Å². The van der Waals surface area contributed by atoms with Gasteiger partial charge in [-0.2, -0.15) is 0 Å². The van der Waals surface area contributed by atoms with Crippen LogP contribution in [0, 0.1) is 0 Å². The monoisotopic (exact) mass is 243 g/mol. The van der Waals surface area contributed by atoms with E-state index >= 15 is 0 Å². The van der Waals surface area contributed by atoms with E-state index < -0.39 is 0 Å². The Hall–Kier alpha value is -0.610. The molecule has 1 rings (SSSR count). The normalized spacial score (nSPS) is 17.5. The maximum absolute atomic E-state index is 11.7. The van der Waals surface area contributed by atoms with Crippen LogP contribution in [0.1, 0.15) is 51.4 Å². The van der Waals surface area contributed by atoms with E-state index in [1.165, 1.54) is 6.42 Å². The molecule has 1 saturated carbocycles. The van der Waals surface area contributed by atoms with Crippen LogP contribution in [0.2, 0.25) is 0 Å². The van der Waals surface area contributed by atoms with E-state index in [0.29, 0.717) is 6.42 Å². The molecular formula is C13H25NO3. The Bertz CT molecular complexity index is 221. The lowest BCUT2D eigenvalue weighted by atomic mass is 9.77. The number of hydrogen-bond acceptors (Lipinski definition) is 3. The molecular weight excluding hydrogens is 218 g/mol. The summed E-state index contributed by atoms with van der Waals surface area (Å²) in [4.78, 5) is 11.7. The topological polar surface area (TPSA) is 58.6 Å². The predicted molar refractivity (Wildman–Crippen MR) is 66.8 cm³/mol. The number of aliphatic hydroxyl groups excluding tert-OH is 1. The number of unbranched alkanes of at least 4 members (excludes halogenated alkanes) is 3. The molecule has 0 unspecified atom stereocenters. The lowest BCUT2D eigenvalue weighted by Crippen LogP contribution is -2.44. The van der Waals surface area contributed by atoms with Crippen molar-refractivity contribution < 1.29 is 14.6 Å². The van der Waals surface area contributed by atoms with Crippen LogP contribution in [0.4, 0.5) is 0 Å². The second-order valence-electron chi connectivity index (χ2n) is 4.91. The summed E-state index contributed by atoms with van der Waals surface area (Å²) in [5, 5.41) is 11.6. The molecule has 100 valence electrons. The summed E-state index contributed by atoms with van der Waals surface area (Å²) in [6, 6.07) is 0. The Morgan fingerprint density at radius 2 is 2.00 bits per heavy atom. The Kier molecular flexibility index (Phi) is 6.52. The molecule has 1 fully saturated rings. The van der Waals surface area contributed by atoms with E-state index in [9.17, 15) is 4.79 Å². The number of carbonyl (C=O) groups excluding carboxylic acids is 1. The minimum absolute atomic E-state index is 0.105. The highest BCUT2D eigenvalue weighted by molar-refractivity contribution is 5.77. The van der Waals surface area contributed by atoms with Crippen LogP contribution in [0.3, 0.4) is 0 Å². The van der Waals surface area contributed by atoms with Gasteiger partial charge in [-0.15, -0.1) is 0 Å². The molecule has 0 aliphatic heterocycles. The third-order valence-corrected chi connectivity index (χ3v) is 3.59. The number of methoxy groups -OCH3 is 1. The second kappa shape index (κ2) is 7.67. The summed E-state index contributed by atoms with van der Waals surface area (Å²) >= 11 is 0. The summed E-state index contributed by atoms with van der Waals surface area (Å²) in [7, 11) is 1.70. The number of aliphatic hydroxyl groups is 1. The predicted octanol–water partition coefficient (Wildman–Crippen LogP) is 1.61. The molecule has 0 heterocycles. The quantitative estimate of drug-likeness (QED) is 0.605. The zero-order valence-corrected chi connectivity index (χ0v) is 10.8. The molecule has 0 saturated heterocycles. The van der Waals surface area contributed by atoms with Crippen molar-refractivity contribution in [2.75, 3.05) is 20.3 Å². The van der Waals surface area contributed by atoms with E-state index in [0.717, 1.165) is 45.1 Å². The van der Waals surface area contributed by atoms with Crippen molar-refractivity contribution in [1.29, 1.82) is 0 Å². The number of amides is 1. The fourth-order valence-corrected chi connectivity index (χ4v) is 2.20. The van der Waals surface area contributed by atoms with Crippen molar-refractivity contribution in [3.63, 3.8) is 0 Å².